The second kappa shape index (κ2) is 7.34. The number of anilines is 2. The van der Waals surface area contributed by atoms with Crippen molar-refractivity contribution in [2.75, 3.05) is 18.5 Å². The first kappa shape index (κ1) is 19.2. The van der Waals surface area contributed by atoms with Crippen LogP contribution in [0.15, 0.2) is 43.0 Å². The predicted molar refractivity (Wildman–Crippen MR) is 124 cm³/mol. The summed E-state index contributed by atoms with van der Waals surface area (Å²) in [5.74, 6) is 0.645. The number of carbonyl (C=O) groups excluding carboxylic acids is 1. The first-order valence-corrected chi connectivity index (χ1v) is 11.8. The fourth-order valence-corrected chi connectivity index (χ4v) is 5.86. The van der Waals surface area contributed by atoms with Crippen LogP contribution < -0.4 is 10.6 Å². The average Bonchev–Trinajstić information content (AvgIpc) is 3.64. The lowest BCUT2D eigenvalue weighted by molar-refractivity contribution is 0.0277. The van der Waals surface area contributed by atoms with Crippen molar-refractivity contribution in [3.8, 4) is 11.3 Å². The number of ether oxygens (including phenoxy) is 1. The monoisotopic (exact) mass is 459 g/mol. The summed E-state index contributed by atoms with van der Waals surface area (Å²) in [6.45, 7) is 3.32. The van der Waals surface area contributed by atoms with E-state index >= 15 is 0 Å². The Kier molecular flexibility index (Phi) is 4.26. The average molecular weight is 460 g/mol. The predicted octanol–water partition coefficient (Wildman–Crippen LogP) is 2.81. The van der Waals surface area contributed by atoms with Crippen molar-refractivity contribution in [3.05, 3.63) is 59.0 Å². The molecule has 3 aliphatic rings. The molecule has 10 heteroatoms. The van der Waals surface area contributed by atoms with Crippen molar-refractivity contribution in [1.82, 2.24) is 29.6 Å². The quantitative estimate of drug-likeness (QED) is 0.474. The molecule has 6 heterocycles. The number of aromatic nitrogens is 4. The van der Waals surface area contributed by atoms with E-state index in [0.29, 0.717) is 24.5 Å². The molecule has 166 valence electrons. The van der Waals surface area contributed by atoms with Crippen LogP contribution in [-0.2, 0) is 17.8 Å². The van der Waals surface area contributed by atoms with E-state index in [4.69, 9.17) is 4.74 Å². The molecule has 2 saturated heterocycles. The van der Waals surface area contributed by atoms with Crippen LogP contribution in [0, 0.1) is 0 Å². The number of fused-ring (bicyclic) bond motifs is 4. The number of amides is 1. The number of imidazole rings is 1. The van der Waals surface area contributed by atoms with Gasteiger partial charge in [0.25, 0.3) is 5.91 Å². The van der Waals surface area contributed by atoms with E-state index in [9.17, 15) is 4.79 Å². The van der Waals surface area contributed by atoms with Gasteiger partial charge in [-0.25, -0.2) is 15.0 Å². The van der Waals surface area contributed by atoms with Crippen molar-refractivity contribution in [3.63, 3.8) is 0 Å². The molecule has 2 unspecified atom stereocenters. The molecule has 9 nitrogen and oxygen atoms in total. The van der Waals surface area contributed by atoms with Gasteiger partial charge in [-0.1, -0.05) is 6.07 Å². The summed E-state index contributed by atoms with van der Waals surface area (Å²) in [5.41, 5.74) is 4.38. The first-order valence-electron chi connectivity index (χ1n) is 11.0. The molecular weight excluding hydrogens is 438 g/mol. The number of likely N-dealkylation sites (tertiary alicyclic amines) is 1. The van der Waals surface area contributed by atoms with Crippen LogP contribution >= 0.6 is 11.3 Å². The van der Waals surface area contributed by atoms with E-state index in [1.54, 1.807) is 17.5 Å². The summed E-state index contributed by atoms with van der Waals surface area (Å²) in [7, 11) is 0. The Hall–Kier alpha value is -3.34. The highest BCUT2D eigenvalue weighted by Crippen LogP contribution is 2.32. The Bertz CT molecular complexity index is 1400. The third kappa shape index (κ3) is 3.21. The van der Waals surface area contributed by atoms with Crippen LogP contribution in [0.2, 0.25) is 0 Å². The summed E-state index contributed by atoms with van der Waals surface area (Å²) < 4.78 is 7.71. The lowest BCUT2D eigenvalue weighted by Crippen LogP contribution is -2.36. The van der Waals surface area contributed by atoms with Gasteiger partial charge in [0.15, 0.2) is 16.6 Å². The Morgan fingerprint density at radius 2 is 2.21 bits per heavy atom. The van der Waals surface area contributed by atoms with Gasteiger partial charge in [0, 0.05) is 60.3 Å². The molecule has 2 bridgehead atoms. The molecule has 0 saturated carbocycles. The number of nitrogens with one attached hydrogen (secondary N) is 2. The first-order chi connectivity index (χ1) is 16.2. The normalized spacial score (nSPS) is 21.6. The van der Waals surface area contributed by atoms with Gasteiger partial charge in [0.1, 0.15) is 0 Å². The highest BCUT2D eigenvalue weighted by atomic mass is 32.1. The summed E-state index contributed by atoms with van der Waals surface area (Å²) in [4.78, 5) is 29.4. The molecule has 3 aromatic heterocycles. The summed E-state index contributed by atoms with van der Waals surface area (Å²) in [6, 6.07) is 6.41. The lowest BCUT2D eigenvalue weighted by Gasteiger charge is -2.25. The SMILES string of the molecule is O=C1NCc2cc(-c3cnc(Nc4ncc(CN5CC6CC5CO6)s4)c4nccn34)ccc21. The standard InChI is InChI=1S/C23H21N7O2S/c31-22-18-2-1-13(5-14(18)7-26-22)19-9-25-20(21-24-3-4-30(19)21)28-23-27-8-17(33-23)11-29-10-16-6-15(29)12-32-16/h1-5,8-9,15-16H,6-7,10-12H2,(H,26,31)(H,25,27,28). The maximum Gasteiger partial charge on any atom is 0.251 e. The number of morpholine rings is 1. The third-order valence-corrected chi connectivity index (χ3v) is 7.56. The van der Waals surface area contributed by atoms with Gasteiger partial charge < -0.3 is 15.4 Å². The van der Waals surface area contributed by atoms with Crippen LogP contribution in [0.1, 0.15) is 27.2 Å². The van der Waals surface area contributed by atoms with Gasteiger partial charge in [0.05, 0.1) is 24.6 Å². The van der Waals surface area contributed by atoms with Gasteiger partial charge in [-0.3, -0.25) is 14.1 Å². The van der Waals surface area contributed by atoms with Gasteiger partial charge in [-0.15, -0.1) is 11.3 Å². The zero-order chi connectivity index (χ0) is 21.9. The molecule has 4 aromatic rings. The minimum atomic E-state index is -0.0182. The van der Waals surface area contributed by atoms with Crippen LogP contribution in [0.25, 0.3) is 16.9 Å². The second-order valence-corrected chi connectivity index (χ2v) is 9.81. The smallest absolute Gasteiger partial charge is 0.251 e. The largest absolute Gasteiger partial charge is 0.375 e. The fourth-order valence-electron chi connectivity index (χ4n) is 5.02. The molecule has 3 aliphatic heterocycles. The van der Waals surface area contributed by atoms with E-state index in [1.807, 2.05) is 41.2 Å². The Balaban J connectivity index is 1.15. The minimum absolute atomic E-state index is 0.0182. The van der Waals surface area contributed by atoms with Crippen molar-refractivity contribution >= 4 is 33.8 Å². The van der Waals surface area contributed by atoms with Gasteiger partial charge in [0.2, 0.25) is 0 Å². The zero-order valence-electron chi connectivity index (χ0n) is 17.7. The van der Waals surface area contributed by atoms with Crippen molar-refractivity contribution in [1.29, 1.82) is 0 Å². The Morgan fingerprint density at radius 1 is 1.24 bits per heavy atom. The number of hydrogen-bond donors (Lipinski definition) is 2. The van der Waals surface area contributed by atoms with E-state index in [2.05, 4.69) is 30.5 Å². The van der Waals surface area contributed by atoms with Gasteiger partial charge >= 0.3 is 0 Å². The molecule has 33 heavy (non-hydrogen) atoms. The minimum Gasteiger partial charge on any atom is -0.375 e. The number of carbonyl (C=O) groups is 1. The maximum atomic E-state index is 11.9. The number of rotatable bonds is 5. The van der Waals surface area contributed by atoms with Crippen LogP contribution in [0.3, 0.4) is 0 Å². The zero-order valence-corrected chi connectivity index (χ0v) is 18.5. The summed E-state index contributed by atoms with van der Waals surface area (Å²) in [5, 5.41) is 7.02. The number of benzene rings is 1. The molecule has 2 fully saturated rings. The highest BCUT2D eigenvalue weighted by molar-refractivity contribution is 7.15. The molecule has 0 aliphatic carbocycles. The van der Waals surface area contributed by atoms with Crippen molar-refractivity contribution < 1.29 is 9.53 Å². The maximum absolute atomic E-state index is 11.9. The van der Waals surface area contributed by atoms with Crippen LogP contribution in [0.4, 0.5) is 10.9 Å². The van der Waals surface area contributed by atoms with Gasteiger partial charge in [-0.2, -0.15) is 0 Å². The Labute approximate surface area is 193 Å². The molecule has 7 rings (SSSR count). The lowest BCUT2D eigenvalue weighted by atomic mass is 10.0. The number of thiazole rings is 1. The Morgan fingerprint density at radius 3 is 3.09 bits per heavy atom. The van der Waals surface area contributed by atoms with Crippen molar-refractivity contribution in [2.24, 2.45) is 0 Å². The molecular formula is C23H21N7O2S. The summed E-state index contributed by atoms with van der Waals surface area (Å²) >= 11 is 1.65. The van der Waals surface area contributed by atoms with E-state index < -0.39 is 0 Å². The topological polar surface area (TPSA) is 96.7 Å². The fraction of sp³-hybridized carbons (Fsp3) is 0.304. The molecule has 0 radical (unpaired) electrons. The molecule has 1 amide bonds. The molecule has 2 N–H and O–H groups in total. The van der Waals surface area contributed by atoms with E-state index in [1.165, 1.54) is 4.88 Å². The number of nitrogens with zero attached hydrogens (tertiary/aromatic N) is 5. The molecule has 1 aromatic carbocycles. The highest BCUT2D eigenvalue weighted by Gasteiger charge is 2.38. The molecule has 0 spiro atoms. The summed E-state index contributed by atoms with van der Waals surface area (Å²) in [6.07, 6.45) is 9.01. The third-order valence-electron chi connectivity index (χ3n) is 6.66. The van der Waals surface area contributed by atoms with E-state index in [0.717, 1.165) is 59.3 Å². The van der Waals surface area contributed by atoms with E-state index in [-0.39, 0.29) is 5.91 Å². The molecule has 2 atom stereocenters. The second-order valence-electron chi connectivity index (χ2n) is 8.70. The van der Waals surface area contributed by atoms with Crippen LogP contribution in [0.5, 0.6) is 0 Å². The number of hydrogen-bond acceptors (Lipinski definition) is 8. The van der Waals surface area contributed by atoms with Crippen molar-refractivity contribution in [2.45, 2.75) is 31.7 Å². The van der Waals surface area contributed by atoms with Gasteiger partial charge in [-0.05, 0) is 24.1 Å². The van der Waals surface area contributed by atoms with Crippen LogP contribution in [-0.4, -0.2) is 55.5 Å².